The van der Waals surface area contributed by atoms with Crippen molar-refractivity contribution in [3.63, 3.8) is 0 Å². The average Bonchev–Trinajstić information content (AvgIpc) is 2.53. The lowest BCUT2D eigenvalue weighted by molar-refractivity contribution is 0.258. The fourth-order valence-electron chi connectivity index (χ4n) is 1.78. The van der Waals surface area contributed by atoms with Crippen LogP contribution in [-0.2, 0) is 13.2 Å². The molecule has 4 heteroatoms. The van der Waals surface area contributed by atoms with Gasteiger partial charge in [-0.3, -0.25) is 0 Å². The van der Waals surface area contributed by atoms with E-state index < -0.39 is 0 Å². The van der Waals surface area contributed by atoms with Gasteiger partial charge in [0.2, 0.25) is 0 Å². The van der Waals surface area contributed by atoms with Gasteiger partial charge in [0.15, 0.2) is 0 Å². The Balaban J connectivity index is 2.08. The van der Waals surface area contributed by atoms with Crippen LogP contribution in [0.5, 0.6) is 11.5 Å². The van der Waals surface area contributed by atoms with Gasteiger partial charge in [0.05, 0.1) is 25.3 Å². The van der Waals surface area contributed by atoms with Gasteiger partial charge in [-0.2, -0.15) is 5.26 Å². The quantitative estimate of drug-likeness (QED) is 0.906. The van der Waals surface area contributed by atoms with E-state index in [-0.39, 0.29) is 6.61 Å². The highest BCUT2D eigenvalue weighted by atomic mass is 16.5. The SMILES string of the molecule is COc1ccc(OCc2ccc(C#N)cc2)c(CO)c1. The first-order valence-electron chi connectivity index (χ1n) is 6.16. The molecule has 2 rings (SSSR count). The van der Waals surface area contributed by atoms with Crippen LogP contribution in [0.4, 0.5) is 0 Å². The molecule has 2 aromatic rings. The molecule has 0 aliphatic heterocycles. The largest absolute Gasteiger partial charge is 0.497 e. The Morgan fingerprint density at radius 3 is 2.50 bits per heavy atom. The third kappa shape index (κ3) is 3.28. The van der Waals surface area contributed by atoms with Gasteiger partial charge >= 0.3 is 0 Å². The van der Waals surface area contributed by atoms with Gasteiger partial charge in [0.25, 0.3) is 0 Å². The molecule has 0 spiro atoms. The fourth-order valence-corrected chi connectivity index (χ4v) is 1.78. The Bertz CT molecular complexity index is 615. The van der Waals surface area contributed by atoms with E-state index in [1.807, 2.05) is 12.1 Å². The predicted molar refractivity (Wildman–Crippen MR) is 74.4 cm³/mol. The molecule has 0 fully saturated rings. The minimum Gasteiger partial charge on any atom is -0.497 e. The normalized spacial score (nSPS) is 9.85. The first-order chi connectivity index (χ1) is 9.76. The highest BCUT2D eigenvalue weighted by molar-refractivity contribution is 5.40. The van der Waals surface area contributed by atoms with Crippen LogP contribution in [0.2, 0.25) is 0 Å². The molecule has 0 bridgehead atoms. The van der Waals surface area contributed by atoms with E-state index in [1.165, 1.54) is 0 Å². The van der Waals surface area contributed by atoms with Crippen molar-refractivity contribution in [2.24, 2.45) is 0 Å². The lowest BCUT2D eigenvalue weighted by Crippen LogP contribution is -1.99. The summed E-state index contributed by atoms with van der Waals surface area (Å²) < 4.78 is 10.8. The first-order valence-corrected chi connectivity index (χ1v) is 6.16. The predicted octanol–water partition coefficient (Wildman–Crippen LogP) is 2.64. The molecular formula is C16H15NO3. The van der Waals surface area contributed by atoms with Crippen molar-refractivity contribution in [1.29, 1.82) is 5.26 Å². The highest BCUT2D eigenvalue weighted by Gasteiger charge is 2.05. The van der Waals surface area contributed by atoms with Crippen LogP contribution in [0.1, 0.15) is 16.7 Å². The van der Waals surface area contributed by atoms with Crippen LogP contribution in [0.15, 0.2) is 42.5 Å². The Hall–Kier alpha value is -2.51. The number of hydrogen-bond donors (Lipinski definition) is 1. The molecule has 0 unspecified atom stereocenters. The molecule has 2 aromatic carbocycles. The van der Waals surface area contributed by atoms with Crippen molar-refractivity contribution in [2.45, 2.75) is 13.2 Å². The number of aliphatic hydroxyl groups is 1. The molecule has 0 aliphatic rings. The third-order valence-electron chi connectivity index (χ3n) is 2.92. The van der Waals surface area contributed by atoms with Crippen LogP contribution in [-0.4, -0.2) is 12.2 Å². The summed E-state index contributed by atoms with van der Waals surface area (Å²) in [6.07, 6.45) is 0. The minimum absolute atomic E-state index is 0.111. The Kier molecular flexibility index (Phi) is 4.59. The number of nitrogens with zero attached hydrogens (tertiary/aromatic N) is 1. The molecule has 20 heavy (non-hydrogen) atoms. The van der Waals surface area contributed by atoms with Crippen LogP contribution < -0.4 is 9.47 Å². The molecule has 0 radical (unpaired) electrons. The van der Waals surface area contributed by atoms with Gasteiger partial charge in [0.1, 0.15) is 18.1 Å². The van der Waals surface area contributed by atoms with Gasteiger partial charge in [-0.25, -0.2) is 0 Å². The lowest BCUT2D eigenvalue weighted by atomic mass is 10.1. The van der Waals surface area contributed by atoms with Gasteiger partial charge < -0.3 is 14.6 Å². The summed E-state index contributed by atoms with van der Waals surface area (Å²) >= 11 is 0. The maximum absolute atomic E-state index is 9.33. The molecular weight excluding hydrogens is 254 g/mol. The van der Waals surface area contributed by atoms with Gasteiger partial charge in [0, 0.05) is 5.56 Å². The maximum Gasteiger partial charge on any atom is 0.125 e. The zero-order chi connectivity index (χ0) is 14.4. The Morgan fingerprint density at radius 2 is 1.90 bits per heavy atom. The monoisotopic (exact) mass is 269 g/mol. The zero-order valence-corrected chi connectivity index (χ0v) is 11.2. The minimum atomic E-state index is -0.111. The highest BCUT2D eigenvalue weighted by Crippen LogP contribution is 2.25. The number of nitriles is 1. The van der Waals surface area contributed by atoms with E-state index in [1.54, 1.807) is 37.4 Å². The topological polar surface area (TPSA) is 62.5 Å². The molecule has 0 amide bonds. The van der Waals surface area contributed by atoms with Crippen molar-refractivity contribution in [1.82, 2.24) is 0 Å². The number of methoxy groups -OCH3 is 1. The van der Waals surface area contributed by atoms with E-state index in [2.05, 4.69) is 6.07 Å². The van der Waals surface area contributed by atoms with Crippen molar-refractivity contribution in [3.8, 4) is 17.6 Å². The molecule has 0 saturated heterocycles. The lowest BCUT2D eigenvalue weighted by Gasteiger charge is -2.11. The molecule has 0 heterocycles. The standard InChI is InChI=1S/C16H15NO3/c1-19-15-6-7-16(14(8-15)10-18)20-11-13-4-2-12(9-17)3-5-13/h2-8,18H,10-11H2,1H3. The maximum atomic E-state index is 9.33. The van der Waals surface area contributed by atoms with E-state index >= 15 is 0 Å². The van der Waals surface area contributed by atoms with Crippen LogP contribution in [0, 0.1) is 11.3 Å². The average molecular weight is 269 g/mol. The number of benzene rings is 2. The Morgan fingerprint density at radius 1 is 1.15 bits per heavy atom. The molecule has 0 aromatic heterocycles. The smallest absolute Gasteiger partial charge is 0.125 e. The number of ether oxygens (including phenoxy) is 2. The van der Waals surface area contributed by atoms with Crippen molar-refractivity contribution in [2.75, 3.05) is 7.11 Å². The number of hydrogen-bond acceptors (Lipinski definition) is 4. The summed E-state index contributed by atoms with van der Waals surface area (Å²) in [5.41, 5.74) is 2.26. The molecule has 4 nitrogen and oxygen atoms in total. The van der Waals surface area contributed by atoms with Crippen LogP contribution in [0.3, 0.4) is 0 Å². The van der Waals surface area contributed by atoms with E-state index in [0.29, 0.717) is 29.2 Å². The molecule has 1 N–H and O–H groups in total. The first kappa shape index (κ1) is 13.9. The van der Waals surface area contributed by atoms with E-state index in [0.717, 1.165) is 5.56 Å². The van der Waals surface area contributed by atoms with E-state index in [4.69, 9.17) is 14.7 Å². The third-order valence-corrected chi connectivity index (χ3v) is 2.92. The van der Waals surface area contributed by atoms with Crippen LogP contribution >= 0.6 is 0 Å². The molecule has 0 saturated carbocycles. The molecule has 102 valence electrons. The van der Waals surface area contributed by atoms with E-state index in [9.17, 15) is 5.11 Å². The van der Waals surface area contributed by atoms with Gasteiger partial charge in [-0.1, -0.05) is 12.1 Å². The summed E-state index contributed by atoms with van der Waals surface area (Å²) in [4.78, 5) is 0. The van der Waals surface area contributed by atoms with Crippen molar-refractivity contribution >= 4 is 0 Å². The zero-order valence-electron chi connectivity index (χ0n) is 11.2. The summed E-state index contributed by atoms with van der Waals surface area (Å²) in [6.45, 7) is 0.269. The second-order valence-corrected chi connectivity index (χ2v) is 4.23. The summed E-state index contributed by atoms with van der Waals surface area (Å²) in [6, 6.07) is 14.6. The molecule has 0 atom stereocenters. The second kappa shape index (κ2) is 6.60. The summed E-state index contributed by atoms with van der Waals surface area (Å²) in [5.74, 6) is 1.30. The van der Waals surface area contributed by atoms with Crippen molar-refractivity contribution in [3.05, 3.63) is 59.2 Å². The number of rotatable bonds is 5. The van der Waals surface area contributed by atoms with Gasteiger partial charge in [-0.05, 0) is 35.9 Å². The van der Waals surface area contributed by atoms with Gasteiger partial charge in [-0.15, -0.1) is 0 Å². The summed E-state index contributed by atoms with van der Waals surface area (Å²) in [5, 5.41) is 18.1. The summed E-state index contributed by atoms with van der Waals surface area (Å²) in [7, 11) is 1.58. The second-order valence-electron chi connectivity index (χ2n) is 4.23. The fraction of sp³-hybridized carbons (Fsp3) is 0.188. The molecule has 0 aliphatic carbocycles. The Labute approximate surface area is 117 Å². The van der Waals surface area contributed by atoms with Crippen LogP contribution in [0.25, 0.3) is 0 Å². The number of aliphatic hydroxyl groups excluding tert-OH is 1. The van der Waals surface area contributed by atoms with Crippen molar-refractivity contribution < 1.29 is 14.6 Å².